The van der Waals surface area contributed by atoms with Gasteiger partial charge in [0.25, 0.3) is 5.91 Å². The van der Waals surface area contributed by atoms with Crippen LogP contribution in [-0.2, 0) is 17.9 Å². The van der Waals surface area contributed by atoms with Crippen LogP contribution in [0.2, 0.25) is 0 Å². The van der Waals surface area contributed by atoms with E-state index in [1.165, 1.54) is 0 Å². The first-order valence-electron chi connectivity index (χ1n) is 6.08. The van der Waals surface area contributed by atoms with Gasteiger partial charge in [-0.15, -0.1) is 0 Å². The molecule has 0 spiro atoms. The summed E-state index contributed by atoms with van der Waals surface area (Å²) in [4.78, 5) is 10.8. The summed E-state index contributed by atoms with van der Waals surface area (Å²) in [6.07, 6.45) is 1.64. The Balaban J connectivity index is 1.97. The van der Waals surface area contributed by atoms with Crippen LogP contribution >= 0.6 is 15.9 Å². The molecule has 0 aliphatic heterocycles. The van der Waals surface area contributed by atoms with Crippen LogP contribution < -0.4 is 15.8 Å². The number of furan rings is 1. The van der Waals surface area contributed by atoms with Gasteiger partial charge in [0.05, 0.1) is 12.8 Å². The van der Waals surface area contributed by atoms with Gasteiger partial charge in [0.2, 0.25) is 0 Å². The van der Waals surface area contributed by atoms with Crippen LogP contribution in [0.15, 0.2) is 45.5 Å². The van der Waals surface area contributed by atoms with E-state index in [1.807, 2.05) is 24.3 Å². The lowest BCUT2D eigenvalue weighted by molar-refractivity contribution is -0.119. The molecule has 0 saturated carbocycles. The van der Waals surface area contributed by atoms with Gasteiger partial charge in [0.15, 0.2) is 6.61 Å². The zero-order chi connectivity index (χ0) is 14.4. The van der Waals surface area contributed by atoms with Crippen LogP contribution in [0, 0.1) is 0 Å². The Labute approximate surface area is 125 Å². The molecule has 0 radical (unpaired) electrons. The second-order valence-corrected chi connectivity index (χ2v) is 5.11. The maximum Gasteiger partial charge on any atom is 0.255 e. The van der Waals surface area contributed by atoms with Crippen LogP contribution in [0.3, 0.4) is 0 Å². The van der Waals surface area contributed by atoms with E-state index in [4.69, 9.17) is 14.9 Å². The molecule has 0 unspecified atom stereocenters. The topological polar surface area (TPSA) is 77.5 Å². The lowest BCUT2D eigenvalue weighted by atomic mass is 10.2. The summed E-state index contributed by atoms with van der Waals surface area (Å²) in [6.45, 7) is 1.08. The number of amides is 1. The fourth-order valence-corrected chi connectivity index (χ4v) is 2.12. The largest absolute Gasteiger partial charge is 0.483 e. The van der Waals surface area contributed by atoms with Crippen molar-refractivity contribution in [3.8, 4) is 5.75 Å². The number of carbonyl (C=O) groups excluding carboxylic acids is 1. The number of benzene rings is 1. The molecule has 0 aliphatic carbocycles. The predicted octanol–water partition coefficient (Wildman–Crippen LogP) is 2.20. The molecule has 0 fully saturated rings. The highest BCUT2D eigenvalue weighted by Crippen LogP contribution is 2.23. The minimum atomic E-state index is -0.498. The highest BCUT2D eigenvalue weighted by atomic mass is 79.9. The van der Waals surface area contributed by atoms with Crippen molar-refractivity contribution in [1.82, 2.24) is 5.32 Å². The Hall–Kier alpha value is -1.79. The lowest BCUT2D eigenvalue weighted by Crippen LogP contribution is -2.21. The van der Waals surface area contributed by atoms with E-state index < -0.39 is 5.91 Å². The normalized spacial score (nSPS) is 10.4. The molecule has 1 aromatic carbocycles. The van der Waals surface area contributed by atoms with E-state index in [2.05, 4.69) is 21.2 Å². The third-order valence-electron chi connectivity index (χ3n) is 2.59. The van der Waals surface area contributed by atoms with E-state index in [9.17, 15) is 4.79 Å². The molecule has 0 atom stereocenters. The Bertz CT molecular complexity index is 570. The number of nitrogens with one attached hydrogen (secondary N) is 1. The summed E-state index contributed by atoms with van der Waals surface area (Å²) in [5.74, 6) is 1.00. The van der Waals surface area contributed by atoms with Gasteiger partial charge in [0.1, 0.15) is 11.5 Å². The van der Waals surface area contributed by atoms with Gasteiger partial charge in [-0.25, -0.2) is 0 Å². The maximum absolute atomic E-state index is 10.8. The number of primary amides is 1. The molecule has 0 bridgehead atoms. The fraction of sp³-hybridized carbons (Fsp3) is 0.214. The third-order valence-corrected chi connectivity index (χ3v) is 3.08. The zero-order valence-electron chi connectivity index (χ0n) is 10.8. The highest BCUT2D eigenvalue weighted by Gasteiger charge is 2.06. The Morgan fingerprint density at radius 2 is 2.20 bits per heavy atom. The number of hydrogen-bond donors (Lipinski definition) is 2. The van der Waals surface area contributed by atoms with Crippen molar-refractivity contribution < 1.29 is 13.9 Å². The molecule has 1 amide bonds. The van der Waals surface area contributed by atoms with Crippen molar-refractivity contribution in [1.29, 1.82) is 0 Å². The van der Waals surface area contributed by atoms with Gasteiger partial charge in [-0.1, -0.05) is 15.9 Å². The first-order chi connectivity index (χ1) is 9.65. The number of rotatable bonds is 7. The average Bonchev–Trinajstić information content (AvgIpc) is 2.91. The minimum Gasteiger partial charge on any atom is -0.483 e. The van der Waals surface area contributed by atoms with Crippen LogP contribution in [0.1, 0.15) is 11.3 Å². The minimum absolute atomic E-state index is 0.132. The molecule has 3 N–H and O–H groups in total. The summed E-state index contributed by atoms with van der Waals surface area (Å²) in [5.41, 5.74) is 6.02. The molecule has 5 nitrogen and oxygen atoms in total. The second kappa shape index (κ2) is 7.12. The monoisotopic (exact) mass is 338 g/mol. The SMILES string of the molecule is NC(=O)COc1ccc(Br)cc1CNCc1ccco1. The molecule has 20 heavy (non-hydrogen) atoms. The second-order valence-electron chi connectivity index (χ2n) is 4.19. The number of nitrogens with two attached hydrogens (primary N) is 1. The molecule has 106 valence electrons. The summed E-state index contributed by atoms with van der Waals surface area (Å²) in [5, 5.41) is 3.25. The molecule has 1 heterocycles. The van der Waals surface area contributed by atoms with Crippen molar-refractivity contribution in [2.24, 2.45) is 5.73 Å². The van der Waals surface area contributed by atoms with Crippen molar-refractivity contribution in [3.05, 3.63) is 52.4 Å². The lowest BCUT2D eigenvalue weighted by Gasteiger charge is -2.11. The van der Waals surface area contributed by atoms with Gasteiger partial charge in [0, 0.05) is 16.6 Å². The van der Waals surface area contributed by atoms with Gasteiger partial charge in [-0.2, -0.15) is 0 Å². The first kappa shape index (κ1) is 14.6. The zero-order valence-corrected chi connectivity index (χ0v) is 12.4. The van der Waals surface area contributed by atoms with Crippen LogP contribution in [0.25, 0.3) is 0 Å². The molecular weight excluding hydrogens is 324 g/mol. The summed E-state index contributed by atoms with van der Waals surface area (Å²) in [6, 6.07) is 9.34. The first-order valence-corrected chi connectivity index (χ1v) is 6.87. The number of hydrogen-bond acceptors (Lipinski definition) is 4. The van der Waals surface area contributed by atoms with Crippen molar-refractivity contribution in [2.45, 2.75) is 13.1 Å². The molecule has 1 aromatic heterocycles. The van der Waals surface area contributed by atoms with E-state index in [0.717, 1.165) is 15.8 Å². The number of halogens is 1. The Morgan fingerprint density at radius 1 is 1.35 bits per heavy atom. The standard InChI is InChI=1S/C14H15BrN2O3/c15-11-3-4-13(20-9-14(16)18)10(6-11)7-17-8-12-2-1-5-19-12/h1-6,17H,7-9H2,(H2,16,18). The van der Waals surface area contributed by atoms with Crippen molar-refractivity contribution in [3.63, 3.8) is 0 Å². The van der Waals surface area contributed by atoms with Crippen molar-refractivity contribution >= 4 is 21.8 Å². The molecule has 0 saturated heterocycles. The predicted molar refractivity (Wildman–Crippen MR) is 78.1 cm³/mol. The summed E-state index contributed by atoms with van der Waals surface area (Å²) in [7, 11) is 0. The Kier molecular flexibility index (Phi) is 5.20. The van der Waals surface area contributed by atoms with Crippen LogP contribution in [0.5, 0.6) is 5.75 Å². The summed E-state index contributed by atoms with van der Waals surface area (Å²) >= 11 is 3.41. The molecule has 6 heteroatoms. The highest BCUT2D eigenvalue weighted by molar-refractivity contribution is 9.10. The molecule has 0 aliphatic rings. The average molecular weight is 339 g/mol. The number of carbonyl (C=O) groups is 1. The van der Waals surface area contributed by atoms with Crippen LogP contribution in [0.4, 0.5) is 0 Å². The van der Waals surface area contributed by atoms with E-state index in [-0.39, 0.29) is 6.61 Å². The van der Waals surface area contributed by atoms with E-state index >= 15 is 0 Å². The van der Waals surface area contributed by atoms with Gasteiger partial charge in [-0.3, -0.25) is 4.79 Å². The quantitative estimate of drug-likeness (QED) is 0.811. The van der Waals surface area contributed by atoms with Gasteiger partial charge >= 0.3 is 0 Å². The van der Waals surface area contributed by atoms with Crippen molar-refractivity contribution in [2.75, 3.05) is 6.61 Å². The smallest absolute Gasteiger partial charge is 0.255 e. The number of ether oxygens (including phenoxy) is 1. The fourth-order valence-electron chi connectivity index (χ4n) is 1.71. The molecule has 2 rings (SSSR count). The van der Waals surface area contributed by atoms with Gasteiger partial charge in [-0.05, 0) is 30.3 Å². The molecule has 2 aromatic rings. The Morgan fingerprint density at radius 3 is 2.90 bits per heavy atom. The van der Waals surface area contributed by atoms with E-state index in [0.29, 0.717) is 18.8 Å². The van der Waals surface area contributed by atoms with E-state index in [1.54, 1.807) is 12.3 Å². The van der Waals surface area contributed by atoms with Gasteiger partial charge < -0.3 is 20.2 Å². The summed E-state index contributed by atoms with van der Waals surface area (Å²) < 4.78 is 11.6. The molecular formula is C14H15BrN2O3. The van der Waals surface area contributed by atoms with Crippen LogP contribution in [-0.4, -0.2) is 12.5 Å². The maximum atomic E-state index is 10.8. The third kappa shape index (κ3) is 4.40.